The average molecular weight is 231 g/mol. The molecule has 1 heterocycles. The minimum Gasteiger partial charge on any atom is -0.379 e. The van der Waals surface area contributed by atoms with Crippen LogP contribution in [0.5, 0.6) is 0 Å². The molecule has 1 fully saturated rings. The van der Waals surface area contributed by atoms with Gasteiger partial charge in [0.25, 0.3) is 0 Å². The molecule has 0 aromatic heterocycles. The van der Waals surface area contributed by atoms with Crippen LogP contribution in [0.15, 0.2) is 0 Å². The van der Waals surface area contributed by atoms with Crippen molar-refractivity contribution in [3.8, 4) is 0 Å². The molecule has 1 rings (SSSR count). The van der Waals surface area contributed by atoms with Crippen molar-refractivity contribution in [2.24, 2.45) is 5.73 Å². The van der Waals surface area contributed by atoms with Crippen LogP contribution < -0.4 is 5.73 Å². The number of nitrogens with two attached hydrogens (primary N) is 1. The Hall–Kier alpha value is -0.200. The zero-order valence-corrected chi connectivity index (χ0v) is 10.4. The highest BCUT2D eigenvalue weighted by Gasteiger charge is 2.12. The predicted octanol–water partition coefficient (Wildman–Crippen LogP) is -0.427. The molecular weight excluding hydrogens is 206 g/mol. The first kappa shape index (κ1) is 13.9. The summed E-state index contributed by atoms with van der Waals surface area (Å²) in [5, 5.41) is 0. The minimum absolute atomic E-state index is 0.282. The summed E-state index contributed by atoms with van der Waals surface area (Å²) in [6, 6.07) is 0. The van der Waals surface area contributed by atoms with Gasteiger partial charge >= 0.3 is 0 Å². The zero-order chi connectivity index (χ0) is 11.6. The molecule has 0 unspecified atom stereocenters. The maximum absolute atomic E-state index is 5.43. The molecule has 0 spiro atoms. The Balaban J connectivity index is 1.84. The van der Waals surface area contributed by atoms with Crippen LogP contribution in [0.25, 0.3) is 0 Å². The highest BCUT2D eigenvalue weighted by Crippen LogP contribution is 1.99. The second-order valence-electron chi connectivity index (χ2n) is 4.19. The van der Waals surface area contributed by atoms with Crippen LogP contribution in [-0.2, 0) is 9.47 Å². The van der Waals surface area contributed by atoms with Crippen LogP contribution in [-0.4, -0.2) is 76.1 Å². The number of piperazine rings is 1. The highest BCUT2D eigenvalue weighted by molar-refractivity contribution is 4.68. The molecule has 1 aliphatic rings. The van der Waals surface area contributed by atoms with Gasteiger partial charge in [0.15, 0.2) is 0 Å². The Morgan fingerprint density at radius 1 is 1.00 bits per heavy atom. The van der Waals surface area contributed by atoms with E-state index >= 15 is 0 Å². The topological polar surface area (TPSA) is 51.0 Å². The van der Waals surface area contributed by atoms with Crippen molar-refractivity contribution in [2.45, 2.75) is 6.42 Å². The zero-order valence-electron chi connectivity index (χ0n) is 10.4. The van der Waals surface area contributed by atoms with E-state index in [-0.39, 0.29) is 6.73 Å². The minimum atomic E-state index is 0.282. The van der Waals surface area contributed by atoms with Gasteiger partial charge in [-0.3, -0.25) is 0 Å². The van der Waals surface area contributed by atoms with Crippen molar-refractivity contribution in [2.75, 3.05) is 66.3 Å². The van der Waals surface area contributed by atoms with E-state index in [0.29, 0.717) is 13.2 Å². The van der Waals surface area contributed by atoms with Gasteiger partial charge in [0.1, 0.15) is 0 Å². The average Bonchev–Trinajstić information content (AvgIpc) is 2.30. The molecule has 0 bridgehead atoms. The molecule has 0 aliphatic carbocycles. The third kappa shape index (κ3) is 6.40. The quantitative estimate of drug-likeness (QED) is 0.454. The van der Waals surface area contributed by atoms with Gasteiger partial charge in [-0.05, 0) is 13.5 Å². The molecule has 5 nitrogen and oxygen atoms in total. The van der Waals surface area contributed by atoms with Crippen LogP contribution >= 0.6 is 0 Å². The van der Waals surface area contributed by atoms with Gasteiger partial charge in [-0.2, -0.15) is 0 Å². The summed E-state index contributed by atoms with van der Waals surface area (Å²) >= 11 is 0. The Morgan fingerprint density at radius 2 is 1.69 bits per heavy atom. The Bertz CT molecular complexity index is 161. The summed E-state index contributed by atoms with van der Waals surface area (Å²) in [6.07, 6.45) is 1.10. The van der Waals surface area contributed by atoms with Crippen LogP contribution in [0.4, 0.5) is 0 Å². The lowest BCUT2D eigenvalue weighted by atomic mass is 10.3. The molecule has 16 heavy (non-hydrogen) atoms. The molecule has 0 aromatic carbocycles. The van der Waals surface area contributed by atoms with Crippen molar-refractivity contribution < 1.29 is 9.47 Å². The van der Waals surface area contributed by atoms with Crippen molar-refractivity contribution in [3.63, 3.8) is 0 Å². The molecule has 0 amide bonds. The van der Waals surface area contributed by atoms with Gasteiger partial charge < -0.3 is 25.0 Å². The first-order chi connectivity index (χ1) is 7.83. The summed E-state index contributed by atoms with van der Waals surface area (Å²) in [7, 11) is 2.18. The molecule has 2 N–H and O–H groups in total. The number of nitrogens with zero attached hydrogens (tertiary/aromatic N) is 2. The number of ether oxygens (including phenoxy) is 2. The summed E-state index contributed by atoms with van der Waals surface area (Å²) in [5.41, 5.74) is 5.19. The van der Waals surface area contributed by atoms with Gasteiger partial charge in [0, 0.05) is 39.3 Å². The van der Waals surface area contributed by atoms with E-state index < -0.39 is 0 Å². The molecule has 0 saturated carbocycles. The van der Waals surface area contributed by atoms with Crippen molar-refractivity contribution in [3.05, 3.63) is 0 Å². The third-order valence-corrected chi connectivity index (χ3v) is 2.85. The number of hydrogen-bond donors (Lipinski definition) is 1. The van der Waals surface area contributed by atoms with Gasteiger partial charge in [-0.15, -0.1) is 0 Å². The highest BCUT2D eigenvalue weighted by atomic mass is 16.5. The first-order valence-corrected chi connectivity index (χ1v) is 6.09. The smallest absolute Gasteiger partial charge is 0.0941 e. The van der Waals surface area contributed by atoms with Gasteiger partial charge in [-0.1, -0.05) is 0 Å². The Labute approximate surface area is 98.5 Å². The molecule has 96 valence electrons. The van der Waals surface area contributed by atoms with Gasteiger partial charge in [-0.25, -0.2) is 0 Å². The van der Waals surface area contributed by atoms with Crippen molar-refractivity contribution >= 4 is 0 Å². The van der Waals surface area contributed by atoms with E-state index in [1.807, 2.05) is 0 Å². The maximum Gasteiger partial charge on any atom is 0.0941 e. The Morgan fingerprint density at radius 3 is 2.38 bits per heavy atom. The van der Waals surface area contributed by atoms with E-state index in [2.05, 4.69) is 16.8 Å². The summed E-state index contributed by atoms with van der Waals surface area (Å²) in [6.45, 7) is 8.25. The second-order valence-corrected chi connectivity index (χ2v) is 4.19. The van der Waals surface area contributed by atoms with Crippen molar-refractivity contribution in [1.82, 2.24) is 9.80 Å². The molecule has 1 saturated heterocycles. The summed E-state index contributed by atoms with van der Waals surface area (Å²) < 4.78 is 10.4. The van der Waals surface area contributed by atoms with E-state index in [0.717, 1.165) is 19.6 Å². The predicted molar refractivity (Wildman–Crippen MR) is 64.4 cm³/mol. The fourth-order valence-electron chi connectivity index (χ4n) is 1.76. The maximum atomic E-state index is 5.43. The second kappa shape index (κ2) is 8.90. The SMILES string of the molecule is CN1CCN(CCCOCCOCN)CC1. The molecule has 5 heteroatoms. The number of likely N-dealkylation sites (N-methyl/N-ethyl adjacent to an activating group) is 1. The molecular formula is C11H25N3O2. The lowest BCUT2D eigenvalue weighted by Gasteiger charge is -2.32. The molecule has 1 aliphatic heterocycles. The van der Waals surface area contributed by atoms with Crippen molar-refractivity contribution in [1.29, 1.82) is 0 Å². The molecule has 0 radical (unpaired) electrons. The summed E-state index contributed by atoms with van der Waals surface area (Å²) in [5.74, 6) is 0. The lowest BCUT2D eigenvalue weighted by Crippen LogP contribution is -2.44. The number of rotatable bonds is 8. The fourth-order valence-corrected chi connectivity index (χ4v) is 1.76. The van der Waals surface area contributed by atoms with E-state index in [4.69, 9.17) is 15.2 Å². The van der Waals surface area contributed by atoms with Crippen LogP contribution in [0, 0.1) is 0 Å². The van der Waals surface area contributed by atoms with E-state index in [1.165, 1.54) is 26.2 Å². The standard InChI is InChI=1S/C11H25N3O2/c1-13-4-6-14(7-5-13)3-2-8-15-9-10-16-11-12/h2-12H2,1H3. The lowest BCUT2D eigenvalue weighted by molar-refractivity contribution is 0.0446. The normalized spacial score (nSPS) is 19.1. The number of hydrogen-bond acceptors (Lipinski definition) is 5. The van der Waals surface area contributed by atoms with E-state index in [1.54, 1.807) is 0 Å². The fraction of sp³-hybridized carbons (Fsp3) is 1.00. The van der Waals surface area contributed by atoms with E-state index in [9.17, 15) is 0 Å². The monoisotopic (exact) mass is 231 g/mol. The van der Waals surface area contributed by atoms with Gasteiger partial charge in [0.05, 0.1) is 19.9 Å². The summed E-state index contributed by atoms with van der Waals surface area (Å²) in [4.78, 5) is 4.87. The van der Waals surface area contributed by atoms with Gasteiger partial charge in [0.2, 0.25) is 0 Å². The first-order valence-electron chi connectivity index (χ1n) is 6.09. The Kier molecular flexibility index (Phi) is 7.71. The molecule has 0 atom stereocenters. The van der Waals surface area contributed by atoms with Crippen LogP contribution in [0.3, 0.4) is 0 Å². The molecule has 0 aromatic rings. The third-order valence-electron chi connectivity index (χ3n) is 2.85. The van der Waals surface area contributed by atoms with Crippen LogP contribution in [0.2, 0.25) is 0 Å². The largest absolute Gasteiger partial charge is 0.379 e. The van der Waals surface area contributed by atoms with Crippen LogP contribution in [0.1, 0.15) is 6.42 Å².